The molecule has 1 fully saturated rings. The number of carbonyl (C=O) groups excluding carboxylic acids is 2. The zero-order chi connectivity index (χ0) is 22.8. The molecule has 1 spiro atoms. The van der Waals surface area contributed by atoms with Crippen LogP contribution in [0.25, 0.3) is 0 Å². The second-order valence-corrected chi connectivity index (χ2v) is 10.5. The summed E-state index contributed by atoms with van der Waals surface area (Å²) in [6.45, 7) is 0. The first-order chi connectivity index (χ1) is 15.2. The van der Waals surface area contributed by atoms with E-state index in [-0.39, 0.29) is 12.2 Å². The van der Waals surface area contributed by atoms with Gasteiger partial charge < -0.3 is 20.1 Å². The first kappa shape index (κ1) is 22.1. The van der Waals surface area contributed by atoms with Gasteiger partial charge in [0.15, 0.2) is 11.5 Å². The van der Waals surface area contributed by atoms with Gasteiger partial charge in [0, 0.05) is 36.4 Å². The molecule has 2 aliphatic rings. The minimum Gasteiger partial charge on any atom is -0.448 e. The molecule has 2 aromatic carbocycles. The van der Waals surface area contributed by atoms with E-state index in [0.717, 1.165) is 31.9 Å². The smallest absolute Gasteiger partial charge is 0.251 e. The van der Waals surface area contributed by atoms with Gasteiger partial charge in [-0.1, -0.05) is 18.2 Å². The average Bonchev–Trinajstić information content (AvgIpc) is 3.36. The Kier molecular flexibility index (Phi) is 6.10. The Labute approximate surface area is 187 Å². The Morgan fingerprint density at radius 2 is 1.72 bits per heavy atom. The molecule has 2 amide bonds. The van der Waals surface area contributed by atoms with Crippen LogP contribution >= 0.6 is 0 Å². The van der Waals surface area contributed by atoms with Gasteiger partial charge in [-0.3, -0.25) is 9.59 Å². The molecular weight excluding hydrogens is 432 g/mol. The quantitative estimate of drug-likeness (QED) is 0.660. The Balaban J connectivity index is 1.47. The van der Waals surface area contributed by atoms with Crippen molar-refractivity contribution in [2.24, 2.45) is 0 Å². The molecule has 9 heteroatoms. The van der Waals surface area contributed by atoms with Gasteiger partial charge in [-0.05, 0) is 43.5 Å². The number of rotatable bonds is 7. The molecule has 2 N–H and O–H groups in total. The highest BCUT2D eigenvalue weighted by atomic mass is 32.2. The van der Waals surface area contributed by atoms with E-state index in [9.17, 15) is 18.0 Å². The fraction of sp³-hybridized carbons (Fsp3) is 0.391. The molecule has 2 aromatic rings. The molecule has 0 bridgehead atoms. The molecule has 0 aromatic heterocycles. The third-order valence-corrected chi connectivity index (χ3v) is 6.58. The molecule has 0 radical (unpaired) electrons. The lowest BCUT2D eigenvalue weighted by molar-refractivity contribution is -0.118. The van der Waals surface area contributed by atoms with E-state index >= 15 is 0 Å². The number of sulfone groups is 1. The van der Waals surface area contributed by atoms with Crippen LogP contribution in [0.5, 0.6) is 11.5 Å². The highest BCUT2D eigenvalue weighted by molar-refractivity contribution is 7.90. The van der Waals surface area contributed by atoms with Crippen molar-refractivity contribution in [3.05, 3.63) is 54.1 Å². The Hall–Kier alpha value is -3.07. The normalized spacial score (nSPS) is 17.2. The van der Waals surface area contributed by atoms with Gasteiger partial charge in [0.05, 0.1) is 5.75 Å². The van der Waals surface area contributed by atoms with E-state index in [0.29, 0.717) is 22.7 Å². The number of hydrogen-bond donors (Lipinski definition) is 2. The number of anilines is 1. The number of carbonyl (C=O) groups is 2. The summed E-state index contributed by atoms with van der Waals surface area (Å²) in [5.41, 5.74) is 0.861. The van der Waals surface area contributed by atoms with Gasteiger partial charge in [-0.2, -0.15) is 0 Å². The largest absolute Gasteiger partial charge is 0.448 e. The van der Waals surface area contributed by atoms with E-state index < -0.39 is 33.5 Å². The first-order valence-corrected chi connectivity index (χ1v) is 12.7. The third kappa shape index (κ3) is 5.21. The van der Waals surface area contributed by atoms with Crippen LogP contribution in [0.15, 0.2) is 48.5 Å². The zero-order valence-corrected chi connectivity index (χ0v) is 18.6. The zero-order valence-electron chi connectivity index (χ0n) is 17.8. The number of fused-ring (bicyclic) bond motifs is 1. The van der Waals surface area contributed by atoms with E-state index in [1.807, 2.05) is 0 Å². The number of nitrogens with one attached hydrogen (secondary N) is 2. The van der Waals surface area contributed by atoms with Crippen LogP contribution in [0.4, 0.5) is 5.69 Å². The summed E-state index contributed by atoms with van der Waals surface area (Å²) in [5, 5.41) is 5.41. The summed E-state index contributed by atoms with van der Waals surface area (Å²) in [7, 11) is -3.31. The number of benzene rings is 2. The number of ether oxygens (including phenoxy) is 2. The van der Waals surface area contributed by atoms with E-state index in [4.69, 9.17) is 9.47 Å². The lowest BCUT2D eigenvalue weighted by Crippen LogP contribution is -2.44. The van der Waals surface area contributed by atoms with Crippen LogP contribution in [0.1, 0.15) is 42.5 Å². The van der Waals surface area contributed by atoms with Crippen molar-refractivity contribution >= 4 is 27.3 Å². The summed E-state index contributed by atoms with van der Waals surface area (Å²) in [5.74, 6) is -0.599. The van der Waals surface area contributed by atoms with Crippen LogP contribution in [0, 0.1) is 0 Å². The minimum atomic E-state index is -3.31. The van der Waals surface area contributed by atoms with E-state index in [1.54, 1.807) is 48.5 Å². The molecule has 32 heavy (non-hydrogen) atoms. The summed E-state index contributed by atoms with van der Waals surface area (Å²) in [6, 6.07) is 12.5. The van der Waals surface area contributed by atoms with Crippen molar-refractivity contribution in [2.75, 3.05) is 17.3 Å². The Bertz CT molecular complexity index is 1110. The van der Waals surface area contributed by atoms with Gasteiger partial charge in [0.1, 0.15) is 15.9 Å². The Morgan fingerprint density at radius 1 is 1.03 bits per heavy atom. The lowest BCUT2D eigenvalue weighted by Gasteiger charge is -2.21. The lowest BCUT2D eigenvalue weighted by atomic mass is 10.1. The van der Waals surface area contributed by atoms with Gasteiger partial charge in [0.2, 0.25) is 5.91 Å². The number of amides is 2. The van der Waals surface area contributed by atoms with Crippen molar-refractivity contribution in [2.45, 2.75) is 43.9 Å². The fourth-order valence-corrected chi connectivity index (χ4v) is 4.61. The minimum absolute atomic E-state index is 0.0447. The van der Waals surface area contributed by atoms with Crippen molar-refractivity contribution in [3.63, 3.8) is 0 Å². The predicted octanol–water partition coefficient (Wildman–Crippen LogP) is 2.90. The van der Waals surface area contributed by atoms with Crippen molar-refractivity contribution < 1.29 is 27.5 Å². The van der Waals surface area contributed by atoms with Crippen LogP contribution in [0.2, 0.25) is 0 Å². The molecule has 0 saturated heterocycles. The van der Waals surface area contributed by atoms with Gasteiger partial charge in [-0.15, -0.1) is 0 Å². The molecule has 8 nitrogen and oxygen atoms in total. The molecule has 1 heterocycles. The monoisotopic (exact) mass is 458 g/mol. The predicted molar refractivity (Wildman–Crippen MR) is 120 cm³/mol. The van der Waals surface area contributed by atoms with Crippen molar-refractivity contribution in [1.29, 1.82) is 0 Å². The van der Waals surface area contributed by atoms with Crippen molar-refractivity contribution in [1.82, 2.24) is 5.32 Å². The van der Waals surface area contributed by atoms with Crippen LogP contribution in [-0.4, -0.2) is 44.1 Å². The maximum atomic E-state index is 13.0. The summed E-state index contributed by atoms with van der Waals surface area (Å²) in [6.07, 6.45) is 4.78. The highest BCUT2D eigenvalue weighted by Gasteiger charge is 2.44. The molecule has 1 saturated carbocycles. The third-order valence-electron chi connectivity index (χ3n) is 5.60. The van der Waals surface area contributed by atoms with Crippen LogP contribution in [0.3, 0.4) is 0 Å². The maximum Gasteiger partial charge on any atom is 0.251 e. The summed E-state index contributed by atoms with van der Waals surface area (Å²) >= 11 is 0. The first-order valence-electron chi connectivity index (χ1n) is 10.6. The van der Waals surface area contributed by atoms with Gasteiger partial charge in [-0.25, -0.2) is 8.42 Å². The molecular formula is C23H26N2O6S. The SMILES string of the molecule is CS(=O)(=O)CCC(NC(=O)c1ccccc1)C(=O)Nc1ccc2c(c1)OC1(CCCC1)O2. The number of hydrogen-bond acceptors (Lipinski definition) is 6. The fourth-order valence-electron chi connectivity index (χ4n) is 3.95. The van der Waals surface area contributed by atoms with Gasteiger partial charge >= 0.3 is 0 Å². The highest BCUT2D eigenvalue weighted by Crippen LogP contribution is 2.47. The van der Waals surface area contributed by atoms with Crippen LogP contribution in [-0.2, 0) is 14.6 Å². The summed E-state index contributed by atoms with van der Waals surface area (Å²) in [4.78, 5) is 25.5. The van der Waals surface area contributed by atoms with Crippen molar-refractivity contribution in [3.8, 4) is 11.5 Å². The average molecular weight is 459 g/mol. The molecule has 4 rings (SSSR count). The Morgan fingerprint density at radius 3 is 2.41 bits per heavy atom. The topological polar surface area (TPSA) is 111 Å². The second kappa shape index (κ2) is 8.82. The van der Waals surface area contributed by atoms with Crippen LogP contribution < -0.4 is 20.1 Å². The van der Waals surface area contributed by atoms with E-state index in [1.165, 1.54) is 0 Å². The van der Waals surface area contributed by atoms with Gasteiger partial charge in [0.25, 0.3) is 11.7 Å². The standard InChI is InChI=1S/C23H26N2O6S/c1-32(28,29)14-11-18(25-21(26)16-7-3-2-4-8-16)22(27)24-17-9-10-19-20(15-17)31-23(30-19)12-5-6-13-23/h2-4,7-10,15,18H,5-6,11-14H2,1H3,(H,24,27)(H,25,26). The molecule has 1 unspecified atom stereocenters. The maximum absolute atomic E-state index is 13.0. The molecule has 170 valence electrons. The van der Waals surface area contributed by atoms with E-state index in [2.05, 4.69) is 10.6 Å². The summed E-state index contributed by atoms with van der Waals surface area (Å²) < 4.78 is 35.3. The molecule has 1 aliphatic heterocycles. The molecule has 1 atom stereocenters. The molecule has 1 aliphatic carbocycles. The second-order valence-electron chi connectivity index (χ2n) is 8.28.